The summed E-state index contributed by atoms with van der Waals surface area (Å²) in [6, 6.07) is 15.2. The largest absolute Gasteiger partial charge is 0.497 e. The maximum atomic E-state index is 13.8. The first-order chi connectivity index (χ1) is 15.1. The summed E-state index contributed by atoms with van der Waals surface area (Å²) in [6.45, 7) is 4.86. The van der Waals surface area contributed by atoms with Crippen molar-refractivity contribution in [3.8, 4) is 17.0 Å². The number of ether oxygens (including phenoxy) is 1. The van der Waals surface area contributed by atoms with E-state index in [1.807, 2.05) is 24.4 Å². The number of rotatable bonds is 4. The van der Waals surface area contributed by atoms with Crippen LogP contribution in [0.15, 0.2) is 54.7 Å². The number of aromatic nitrogens is 2. The van der Waals surface area contributed by atoms with Crippen LogP contribution >= 0.6 is 0 Å². The molecule has 2 aromatic carbocycles. The highest BCUT2D eigenvalue weighted by molar-refractivity contribution is 5.60. The highest BCUT2D eigenvalue weighted by atomic mass is 19.1. The van der Waals surface area contributed by atoms with Crippen LogP contribution in [0.3, 0.4) is 0 Å². The summed E-state index contributed by atoms with van der Waals surface area (Å²) in [4.78, 5) is 9.89. The van der Waals surface area contributed by atoms with Gasteiger partial charge in [-0.25, -0.2) is 9.37 Å². The van der Waals surface area contributed by atoms with Crippen molar-refractivity contribution in [3.05, 3.63) is 71.9 Å². The summed E-state index contributed by atoms with van der Waals surface area (Å²) >= 11 is 0. The van der Waals surface area contributed by atoms with Crippen LogP contribution < -0.4 is 4.74 Å². The van der Waals surface area contributed by atoms with E-state index in [1.165, 1.54) is 11.6 Å². The fraction of sp³-hybridized carbons (Fsp3) is 0.400. The van der Waals surface area contributed by atoms with Gasteiger partial charge in [-0.15, -0.1) is 0 Å². The monoisotopic (exact) mass is 420 g/mol. The van der Waals surface area contributed by atoms with Crippen LogP contribution in [0.4, 0.5) is 4.39 Å². The Hall–Kier alpha value is -2.70. The number of likely N-dealkylation sites (N-methyl/N-ethyl adjacent to an activating group) is 1. The van der Waals surface area contributed by atoms with Crippen molar-refractivity contribution < 1.29 is 9.13 Å². The Morgan fingerprint density at radius 3 is 2.52 bits per heavy atom. The number of nitrogens with zero attached hydrogens (tertiary/aromatic N) is 4. The number of hydrogen-bond acceptors (Lipinski definition) is 4. The van der Waals surface area contributed by atoms with Gasteiger partial charge >= 0.3 is 0 Å². The van der Waals surface area contributed by atoms with Crippen LogP contribution in [0, 0.1) is 5.82 Å². The molecule has 31 heavy (non-hydrogen) atoms. The number of piperidine rings is 1. The van der Waals surface area contributed by atoms with E-state index in [-0.39, 0.29) is 11.4 Å². The van der Waals surface area contributed by atoms with Gasteiger partial charge in [-0.2, -0.15) is 0 Å². The second-order valence-corrected chi connectivity index (χ2v) is 8.71. The van der Waals surface area contributed by atoms with Crippen molar-refractivity contribution in [2.75, 3.05) is 33.8 Å². The number of likely N-dealkylation sites (tertiary alicyclic amines) is 1. The van der Waals surface area contributed by atoms with Crippen molar-refractivity contribution in [2.45, 2.75) is 31.5 Å². The summed E-state index contributed by atoms with van der Waals surface area (Å²) in [6.07, 6.45) is 4.01. The molecule has 2 aliphatic heterocycles. The van der Waals surface area contributed by atoms with Crippen molar-refractivity contribution in [3.63, 3.8) is 0 Å². The third kappa shape index (κ3) is 3.64. The minimum atomic E-state index is -0.206. The second kappa shape index (κ2) is 8.09. The lowest BCUT2D eigenvalue weighted by molar-refractivity contribution is 0.00700. The van der Waals surface area contributed by atoms with Crippen LogP contribution in [0.25, 0.3) is 11.3 Å². The molecule has 1 aromatic heterocycles. The normalized spacial score (nSPS) is 18.8. The van der Waals surface area contributed by atoms with Gasteiger partial charge in [0.05, 0.1) is 24.5 Å². The molecule has 1 spiro atoms. The van der Waals surface area contributed by atoms with E-state index in [0.29, 0.717) is 0 Å². The molecule has 6 heteroatoms. The number of hydrogen-bond donors (Lipinski definition) is 0. The van der Waals surface area contributed by atoms with Gasteiger partial charge in [-0.05, 0) is 49.7 Å². The topological polar surface area (TPSA) is 33.5 Å². The Kier molecular flexibility index (Phi) is 5.28. The predicted octanol–water partition coefficient (Wildman–Crippen LogP) is 4.13. The Balaban J connectivity index is 1.36. The van der Waals surface area contributed by atoms with Gasteiger partial charge in [0.25, 0.3) is 0 Å². The van der Waals surface area contributed by atoms with Crippen LogP contribution in [0.5, 0.6) is 5.75 Å². The average molecular weight is 421 g/mol. The number of fused-ring (bicyclic) bond motifs is 2. The predicted molar refractivity (Wildman–Crippen MR) is 119 cm³/mol. The fourth-order valence-electron chi connectivity index (χ4n) is 5.16. The molecule has 0 aliphatic carbocycles. The highest BCUT2D eigenvalue weighted by Crippen LogP contribution is 2.41. The maximum Gasteiger partial charge on any atom is 0.129 e. The molecule has 3 heterocycles. The minimum absolute atomic E-state index is 0.0553. The van der Waals surface area contributed by atoms with Gasteiger partial charge in [0.15, 0.2) is 0 Å². The Labute approximate surface area is 183 Å². The van der Waals surface area contributed by atoms with Gasteiger partial charge in [0, 0.05) is 38.3 Å². The zero-order valence-corrected chi connectivity index (χ0v) is 18.2. The Bertz CT molecular complexity index is 1050. The molecule has 2 aliphatic rings. The van der Waals surface area contributed by atoms with E-state index in [9.17, 15) is 4.39 Å². The molecule has 0 saturated carbocycles. The molecule has 0 N–H and O–H groups in total. The summed E-state index contributed by atoms with van der Waals surface area (Å²) in [7, 11) is 3.92. The highest BCUT2D eigenvalue weighted by Gasteiger charge is 2.45. The zero-order chi connectivity index (χ0) is 21.4. The molecule has 0 bridgehead atoms. The molecule has 1 saturated heterocycles. The Morgan fingerprint density at radius 2 is 1.81 bits per heavy atom. The van der Waals surface area contributed by atoms with Gasteiger partial charge < -0.3 is 9.30 Å². The molecular formula is C25H29FN4O. The molecule has 0 amide bonds. The first-order valence-electron chi connectivity index (χ1n) is 11.0. The van der Waals surface area contributed by atoms with E-state index in [2.05, 4.69) is 33.5 Å². The quantitative estimate of drug-likeness (QED) is 0.635. The van der Waals surface area contributed by atoms with E-state index in [4.69, 9.17) is 9.72 Å². The SMILES string of the molecule is COc1ccc(CN2CCC3(CC2)c2ncc(-c4cccc(F)c4)n2CCN3C)cc1. The lowest BCUT2D eigenvalue weighted by atomic mass is 9.83. The molecule has 0 unspecified atom stereocenters. The zero-order valence-electron chi connectivity index (χ0n) is 18.2. The summed E-state index contributed by atoms with van der Waals surface area (Å²) in [5.41, 5.74) is 3.17. The molecule has 162 valence electrons. The first-order valence-corrected chi connectivity index (χ1v) is 11.0. The van der Waals surface area contributed by atoms with Gasteiger partial charge in [-0.1, -0.05) is 24.3 Å². The minimum Gasteiger partial charge on any atom is -0.497 e. The average Bonchev–Trinajstić information content (AvgIpc) is 3.23. The van der Waals surface area contributed by atoms with Crippen molar-refractivity contribution in [2.24, 2.45) is 0 Å². The molecule has 1 fully saturated rings. The molecule has 3 aromatic rings. The van der Waals surface area contributed by atoms with E-state index in [1.54, 1.807) is 19.2 Å². The summed E-state index contributed by atoms with van der Waals surface area (Å²) in [5, 5.41) is 0. The summed E-state index contributed by atoms with van der Waals surface area (Å²) < 4.78 is 21.4. The van der Waals surface area contributed by atoms with Gasteiger partial charge in [0.1, 0.15) is 17.4 Å². The smallest absolute Gasteiger partial charge is 0.129 e. The standard InChI is InChI=1S/C25H29FN4O/c1-28-14-15-30-23(20-4-3-5-21(26)16-20)17-27-24(30)25(28)10-12-29(13-11-25)18-19-6-8-22(31-2)9-7-19/h3-9,16-17H,10-15,18H2,1-2H3. The molecule has 5 nitrogen and oxygen atoms in total. The third-order valence-electron chi connectivity index (χ3n) is 7.03. The lowest BCUT2D eigenvalue weighted by Gasteiger charge is -2.49. The summed E-state index contributed by atoms with van der Waals surface area (Å²) in [5.74, 6) is 1.82. The lowest BCUT2D eigenvalue weighted by Crippen LogP contribution is -2.56. The molecular weight excluding hydrogens is 391 g/mol. The van der Waals surface area contributed by atoms with E-state index < -0.39 is 0 Å². The number of benzene rings is 2. The molecule has 0 radical (unpaired) electrons. The Morgan fingerprint density at radius 1 is 1.03 bits per heavy atom. The van der Waals surface area contributed by atoms with Crippen LogP contribution in [-0.4, -0.2) is 53.1 Å². The number of methoxy groups -OCH3 is 1. The third-order valence-corrected chi connectivity index (χ3v) is 7.03. The fourth-order valence-corrected chi connectivity index (χ4v) is 5.16. The second-order valence-electron chi connectivity index (χ2n) is 8.71. The first kappa shape index (κ1) is 20.2. The van der Waals surface area contributed by atoms with Crippen molar-refractivity contribution in [1.82, 2.24) is 19.4 Å². The van der Waals surface area contributed by atoms with Crippen LogP contribution in [-0.2, 0) is 18.6 Å². The number of halogens is 1. The van der Waals surface area contributed by atoms with Gasteiger partial charge in [0.2, 0.25) is 0 Å². The van der Waals surface area contributed by atoms with Crippen LogP contribution in [0.1, 0.15) is 24.2 Å². The van der Waals surface area contributed by atoms with Crippen LogP contribution in [0.2, 0.25) is 0 Å². The molecule has 5 rings (SSSR count). The van der Waals surface area contributed by atoms with E-state index in [0.717, 1.165) is 68.4 Å². The van der Waals surface area contributed by atoms with Gasteiger partial charge in [-0.3, -0.25) is 9.80 Å². The maximum absolute atomic E-state index is 13.8. The van der Waals surface area contributed by atoms with E-state index >= 15 is 0 Å². The van der Waals surface area contributed by atoms with Crippen molar-refractivity contribution >= 4 is 0 Å². The molecule has 0 atom stereocenters. The number of imidazole rings is 1. The van der Waals surface area contributed by atoms with Crippen molar-refractivity contribution in [1.29, 1.82) is 0 Å².